The van der Waals surface area contributed by atoms with Gasteiger partial charge in [0.05, 0.1) is 22.4 Å². The molecule has 0 spiro atoms. The molecule has 3 heterocycles. The quantitative estimate of drug-likeness (QED) is 0.463. The highest BCUT2D eigenvalue weighted by Crippen LogP contribution is 2.45. The molecule has 0 aliphatic carbocycles. The van der Waals surface area contributed by atoms with E-state index in [1.807, 2.05) is 63.6 Å². The van der Waals surface area contributed by atoms with Gasteiger partial charge in [-0.1, -0.05) is 18.2 Å². The summed E-state index contributed by atoms with van der Waals surface area (Å²) >= 11 is 0. The number of para-hydroxylation sites is 1. The molecule has 0 atom stereocenters. The molecule has 1 aliphatic heterocycles. The number of nitrogens with zero attached hydrogens (tertiary/aromatic N) is 3. The van der Waals surface area contributed by atoms with Crippen LogP contribution in [0.5, 0.6) is 0 Å². The van der Waals surface area contributed by atoms with Gasteiger partial charge < -0.3 is 10.3 Å². The molecule has 2 N–H and O–H groups in total. The van der Waals surface area contributed by atoms with E-state index in [1.165, 1.54) is 0 Å². The summed E-state index contributed by atoms with van der Waals surface area (Å²) in [6, 6.07) is 5.65. The summed E-state index contributed by atoms with van der Waals surface area (Å²) in [5, 5.41) is 12.6. The number of halogens is 2. The fourth-order valence-electron chi connectivity index (χ4n) is 4.41. The highest BCUT2D eigenvalue weighted by Gasteiger charge is 2.38. The summed E-state index contributed by atoms with van der Waals surface area (Å²) in [6.07, 6.45) is 1.88. The van der Waals surface area contributed by atoms with Crippen molar-refractivity contribution in [2.75, 3.05) is 5.32 Å². The summed E-state index contributed by atoms with van der Waals surface area (Å²) in [5.74, 6) is -0.465. The Morgan fingerprint density at radius 2 is 1.79 bits per heavy atom. The molecule has 4 aromatic rings. The molecule has 2 aromatic heterocycles. The molecule has 0 fully saturated rings. The number of fused-ring (bicyclic) bond motifs is 4. The number of benzene rings is 2. The number of hydrogen-bond acceptors (Lipinski definition) is 3. The predicted octanol–water partition coefficient (Wildman–Crippen LogP) is 5.28. The first-order valence-corrected chi connectivity index (χ1v) is 9.52. The average Bonchev–Trinajstić information content (AvgIpc) is 3.24. The minimum absolute atomic E-state index is 0.138. The maximum atomic E-state index is 15.5. The smallest absolute Gasteiger partial charge is 0.184 e. The highest BCUT2D eigenvalue weighted by molar-refractivity contribution is 5.98. The molecule has 5 rings (SSSR count). The third-order valence-corrected chi connectivity index (χ3v) is 5.84. The molecule has 0 amide bonds. The first-order valence-electron chi connectivity index (χ1n) is 9.52. The third kappa shape index (κ3) is 2.24. The maximum absolute atomic E-state index is 15.5. The molecule has 0 saturated heterocycles. The molecular formula is C22H21F2N5. The lowest BCUT2D eigenvalue weighted by Crippen LogP contribution is -2.37. The van der Waals surface area contributed by atoms with E-state index in [-0.39, 0.29) is 11.3 Å². The zero-order valence-corrected chi connectivity index (χ0v) is 16.9. The van der Waals surface area contributed by atoms with Gasteiger partial charge in [-0.15, -0.1) is 10.2 Å². The van der Waals surface area contributed by atoms with Gasteiger partial charge in [0.15, 0.2) is 17.5 Å². The van der Waals surface area contributed by atoms with Crippen LogP contribution in [0.3, 0.4) is 0 Å². The minimum Gasteiger partial charge on any atom is -0.369 e. The summed E-state index contributed by atoms with van der Waals surface area (Å²) in [5.41, 5.74) is 3.35. The molecule has 0 saturated carbocycles. The van der Waals surface area contributed by atoms with Gasteiger partial charge in [0.25, 0.3) is 0 Å². The zero-order chi connectivity index (χ0) is 20.7. The predicted molar refractivity (Wildman–Crippen MR) is 109 cm³/mol. The average molecular weight is 393 g/mol. The first kappa shape index (κ1) is 17.8. The van der Waals surface area contributed by atoms with E-state index in [4.69, 9.17) is 0 Å². The fraction of sp³-hybridized carbons (Fsp3) is 0.273. The van der Waals surface area contributed by atoms with Crippen LogP contribution in [0.4, 0.5) is 14.5 Å². The van der Waals surface area contributed by atoms with Crippen molar-refractivity contribution in [3.8, 4) is 16.8 Å². The largest absolute Gasteiger partial charge is 0.369 e. The van der Waals surface area contributed by atoms with E-state index >= 15 is 8.78 Å². The molecule has 0 radical (unpaired) electrons. The van der Waals surface area contributed by atoms with Gasteiger partial charge in [0.1, 0.15) is 5.82 Å². The van der Waals surface area contributed by atoms with Gasteiger partial charge >= 0.3 is 0 Å². The van der Waals surface area contributed by atoms with Crippen LogP contribution in [0, 0.1) is 32.4 Å². The standard InChI is InChI=1S/C22H21F2N5/c1-10-9-25-18-13(10)7-6-8-14(18)15-11(2)20-19(17(24)16(15)23)26-22(4,5)21-28-27-12(3)29(20)21/h6-9,25-26H,1-5H3. The first-order chi connectivity index (χ1) is 13.7. The number of nitrogens with one attached hydrogen (secondary N) is 2. The second-order valence-electron chi connectivity index (χ2n) is 8.21. The Morgan fingerprint density at radius 1 is 1.03 bits per heavy atom. The fourth-order valence-corrected chi connectivity index (χ4v) is 4.41. The van der Waals surface area contributed by atoms with Crippen LogP contribution in [0.2, 0.25) is 0 Å². The monoisotopic (exact) mass is 393 g/mol. The lowest BCUT2D eigenvalue weighted by Gasteiger charge is -2.35. The normalized spacial score (nSPS) is 14.6. The number of hydrogen-bond donors (Lipinski definition) is 2. The van der Waals surface area contributed by atoms with Gasteiger partial charge in [0, 0.05) is 22.7 Å². The second-order valence-corrected chi connectivity index (χ2v) is 8.21. The van der Waals surface area contributed by atoms with E-state index in [0.29, 0.717) is 28.5 Å². The van der Waals surface area contributed by atoms with E-state index in [1.54, 1.807) is 0 Å². The Labute approximate surface area is 166 Å². The number of rotatable bonds is 1. The number of aromatic amines is 1. The molecule has 2 aromatic carbocycles. The van der Waals surface area contributed by atoms with Crippen molar-refractivity contribution in [2.45, 2.75) is 40.2 Å². The zero-order valence-electron chi connectivity index (χ0n) is 16.9. The van der Waals surface area contributed by atoms with Crippen LogP contribution >= 0.6 is 0 Å². The number of aryl methyl sites for hydroxylation is 2. The molecule has 29 heavy (non-hydrogen) atoms. The van der Waals surface area contributed by atoms with Crippen LogP contribution in [-0.4, -0.2) is 19.7 Å². The van der Waals surface area contributed by atoms with Crippen molar-refractivity contribution in [3.63, 3.8) is 0 Å². The summed E-state index contributed by atoms with van der Waals surface area (Å²) in [6.45, 7) is 9.36. The molecule has 0 bridgehead atoms. The molecule has 1 aliphatic rings. The summed E-state index contributed by atoms with van der Waals surface area (Å²) in [7, 11) is 0. The third-order valence-electron chi connectivity index (χ3n) is 5.84. The van der Waals surface area contributed by atoms with Crippen molar-refractivity contribution in [1.29, 1.82) is 0 Å². The van der Waals surface area contributed by atoms with Crippen molar-refractivity contribution in [2.24, 2.45) is 0 Å². The summed E-state index contributed by atoms with van der Waals surface area (Å²) < 4.78 is 32.7. The van der Waals surface area contributed by atoms with Crippen LogP contribution in [0.25, 0.3) is 27.7 Å². The van der Waals surface area contributed by atoms with Gasteiger partial charge in [-0.3, -0.25) is 4.57 Å². The van der Waals surface area contributed by atoms with E-state index in [2.05, 4.69) is 20.5 Å². The Balaban J connectivity index is 1.91. The van der Waals surface area contributed by atoms with Crippen molar-refractivity contribution < 1.29 is 8.78 Å². The minimum atomic E-state index is -0.896. The van der Waals surface area contributed by atoms with Crippen LogP contribution in [0.1, 0.15) is 36.6 Å². The Hall–Kier alpha value is -3.22. The lowest BCUT2D eigenvalue weighted by atomic mass is 9.92. The van der Waals surface area contributed by atoms with Crippen molar-refractivity contribution in [3.05, 3.63) is 58.8 Å². The van der Waals surface area contributed by atoms with Crippen LogP contribution in [0.15, 0.2) is 24.4 Å². The Bertz CT molecular complexity index is 1310. The van der Waals surface area contributed by atoms with Crippen molar-refractivity contribution in [1.82, 2.24) is 19.7 Å². The summed E-state index contributed by atoms with van der Waals surface area (Å²) in [4.78, 5) is 3.21. The highest BCUT2D eigenvalue weighted by atomic mass is 19.2. The Morgan fingerprint density at radius 3 is 2.55 bits per heavy atom. The Kier molecular flexibility index (Phi) is 3.48. The SMILES string of the molecule is Cc1c(-c2cccc3c(C)c[nH]c23)c(F)c(F)c2c1-n1c(C)nnc1C(C)(C)N2. The van der Waals surface area contributed by atoms with E-state index in [9.17, 15) is 0 Å². The van der Waals surface area contributed by atoms with Gasteiger partial charge in [0.2, 0.25) is 0 Å². The molecule has 0 unspecified atom stereocenters. The molecule has 148 valence electrons. The maximum Gasteiger partial charge on any atom is 0.184 e. The lowest BCUT2D eigenvalue weighted by molar-refractivity contribution is 0.488. The number of anilines is 1. The topological polar surface area (TPSA) is 58.5 Å². The van der Waals surface area contributed by atoms with Gasteiger partial charge in [-0.05, 0) is 45.7 Å². The molecule has 7 heteroatoms. The van der Waals surface area contributed by atoms with Crippen LogP contribution < -0.4 is 5.32 Å². The van der Waals surface area contributed by atoms with E-state index < -0.39 is 17.2 Å². The number of H-pyrrole nitrogens is 1. The van der Waals surface area contributed by atoms with Crippen molar-refractivity contribution >= 4 is 16.6 Å². The molecule has 5 nitrogen and oxygen atoms in total. The second kappa shape index (κ2) is 5.65. The van der Waals surface area contributed by atoms with Gasteiger partial charge in [-0.25, -0.2) is 8.78 Å². The van der Waals surface area contributed by atoms with E-state index in [0.717, 1.165) is 16.5 Å². The van der Waals surface area contributed by atoms with Crippen LogP contribution in [-0.2, 0) is 5.54 Å². The number of aromatic nitrogens is 4. The van der Waals surface area contributed by atoms with Gasteiger partial charge in [-0.2, -0.15) is 0 Å². The molecular weight excluding hydrogens is 372 g/mol.